The van der Waals surface area contributed by atoms with Gasteiger partial charge in [-0.3, -0.25) is 0 Å². The van der Waals surface area contributed by atoms with Crippen LogP contribution in [0.15, 0.2) is 6.07 Å². The standard InChI is InChI=1S/C14H21N5/c15-12-9-11(13-14(16-12)18-19-17-13)8-10-6-4-2-1-3-5-7-10/h9-10H,1-8H2,(H3,15,16,17,18,19). The van der Waals surface area contributed by atoms with Crippen LogP contribution in [0.2, 0.25) is 0 Å². The second-order valence-electron chi connectivity index (χ2n) is 5.62. The second-order valence-corrected chi connectivity index (χ2v) is 5.62. The number of nitrogens with zero attached hydrogens (tertiary/aromatic N) is 3. The molecule has 5 nitrogen and oxygen atoms in total. The van der Waals surface area contributed by atoms with Crippen molar-refractivity contribution in [1.29, 1.82) is 0 Å². The van der Waals surface area contributed by atoms with Crippen LogP contribution >= 0.6 is 0 Å². The first-order chi connectivity index (χ1) is 9.33. The van der Waals surface area contributed by atoms with Gasteiger partial charge in [-0.25, -0.2) is 4.98 Å². The summed E-state index contributed by atoms with van der Waals surface area (Å²) in [4.78, 5) is 4.20. The van der Waals surface area contributed by atoms with E-state index in [1.807, 2.05) is 6.07 Å². The third-order valence-corrected chi connectivity index (χ3v) is 4.12. The lowest BCUT2D eigenvalue weighted by atomic mass is 9.86. The average molecular weight is 259 g/mol. The van der Waals surface area contributed by atoms with E-state index in [1.165, 1.54) is 50.5 Å². The molecule has 0 unspecified atom stereocenters. The lowest BCUT2D eigenvalue weighted by molar-refractivity contribution is 0.377. The van der Waals surface area contributed by atoms with Crippen LogP contribution in [0.4, 0.5) is 5.82 Å². The van der Waals surface area contributed by atoms with Crippen molar-refractivity contribution >= 4 is 17.0 Å². The number of rotatable bonds is 2. The first-order valence-electron chi connectivity index (χ1n) is 7.29. The van der Waals surface area contributed by atoms with E-state index in [1.54, 1.807) is 0 Å². The van der Waals surface area contributed by atoms with Crippen LogP contribution in [0.1, 0.15) is 50.5 Å². The monoisotopic (exact) mass is 259 g/mol. The molecule has 2 heterocycles. The fourth-order valence-corrected chi connectivity index (χ4v) is 3.13. The summed E-state index contributed by atoms with van der Waals surface area (Å²) in [6.07, 6.45) is 10.6. The van der Waals surface area contributed by atoms with E-state index in [-0.39, 0.29) is 0 Å². The molecule has 1 aliphatic rings. The number of fused-ring (bicyclic) bond motifs is 1. The minimum absolute atomic E-state index is 0.544. The lowest BCUT2D eigenvalue weighted by Crippen LogP contribution is -2.08. The molecule has 5 heteroatoms. The number of hydrogen-bond acceptors (Lipinski definition) is 4. The quantitative estimate of drug-likeness (QED) is 0.869. The van der Waals surface area contributed by atoms with Crippen LogP contribution < -0.4 is 5.73 Å². The topological polar surface area (TPSA) is 80.5 Å². The number of H-pyrrole nitrogens is 1. The van der Waals surface area contributed by atoms with Crippen LogP contribution in [0.25, 0.3) is 11.2 Å². The Hall–Kier alpha value is -1.65. The van der Waals surface area contributed by atoms with Crippen molar-refractivity contribution in [3.05, 3.63) is 11.6 Å². The molecule has 102 valence electrons. The number of hydrogen-bond donors (Lipinski definition) is 2. The van der Waals surface area contributed by atoms with E-state index in [2.05, 4.69) is 20.4 Å². The van der Waals surface area contributed by atoms with E-state index in [4.69, 9.17) is 5.73 Å². The maximum atomic E-state index is 5.85. The third kappa shape index (κ3) is 2.85. The summed E-state index contributed by atoms with van der Waals surface area (Å²) < 4.78 is 0. The molecular formula is C14H21N5. The Bertz CT molecular complexity index is 540. The first kappa shape index (κ1) is 12.4. The number of nitrogens with two attached hydrogens (primary N) is 1. The van der Waals surface area contributed by atoms with Crippen molar-refractivity contribution in [1.82, 2.24) is 20.4 Å². The fourth-order valence-electron chi connectivity index (χ4n) is 3.13. The molecule has 3 N–H and O–H groups in total. The van der Waals surface area contributed by atoms with Gasteiger partial charge in [-0.1, -0.05) is 44.9 Å². The summed E-state index contributed by atoms with van der Waals surface area (Å²) in [5.41, 5.74) is 8.57. The zero-order valence-electron chi connectivity index (χ0n) is 11.2. The molecule has 0 bridgehead atoms. The molecule has 3 rings (SSSR count). The van der Waals surface area contributed by atoms with Crippen LogP contribution in [0.3, 0.4) is 0 Å². The highest BCUT2D eigenvalue weighted by Crippen LogP contribution is 2.27. The van der Waals surface area contributed by atoms with Crippen LogP contribution in [0.5, 0.6) is 0 Å². The van der Waals surface area contributed by atoms with Gasteiger partial charge in [0.1, 0.15) is 11.3 Å². The zero-order chi connectivity index (χ0) is 13.1. The Morgan fingerprint density at radius 1 is 1.11 bits per heavy atom. The predicted molar refractivity (Wildman–Crippen MR) is 75.6 cm³/mol. The Morgan fingerprint density at radius 2 is 1.84 bits per heavy atom. The molecule has 0 atom stereocenters. The predicted octanol–water partition coefficient (Wildman–Crippen LogP) is 2.84. The number of nitrogen functional groups attached to an aromatic ring is 1. The molecular weight excluding hydrogens is 238 g/mol. The highest BCUT2D eigenvalue weighted by Gasteiger charge is 2.16. The first-order valence-corrected chi connectivity index (χ1v) is 7.29. The van der Waals surface area contributed by atoms with Gasteiger partial charge in [0.15, 0.2) is 0 Å². The van der Waals surface area contributed by atoms with Crippen molar-refractivity contribution in [2.24, 2.45) is 5.92 Å². The van der Waals surface area contributed by atoms with Crippen LogP contribution in [-0.2, 0) is 6.42 Å². The molecule has 1 aliphatic carbocycles. The van der Waals surface area contributed by atoms with Crippen molar-refractivity contribution in [3.8, 4) is 0 Å². The molecule has 1 fully saturated rings. The molecule has 0 aliphatic heterocycles. The third-order valence-electron chi connectivity index (χ3n) is 4.12. The summed E-state index contributed by atoms with van der Waals surface area (Å²) >= 11 is 0. The minimum atomic E-state index is 0.544. The zero-order valence-corrected chi connectivity index (χ0v) is 11.2. The Kier molecular flexibility index (Phi) is 3.62. The van der Waals surface area contributed by atoms with E-state index < -0.39 is 0 Å². The summed E-state index contributed by atoms with van der Waals surface area (Å²) in [5.74, 6) is 1.30. The number of nitrogens with one attached hydrogen (secondary N) is 1. The SMILES string of the molecule is Nc1cc(CC2CCCCCCC2)c2n[nH]nc2n1. The summed E-state index contributed by atoms with van der Waals surface area (Å²) in [7, 11) is 0. The Morgan fingerprint density at radius 3 is 2.63 bits per heavy atom. The number of pyridine rings is 1. The van der Waals surface area contributed by atoms with Crippen molar-refractivity contribution in [2.45, 2.75) is 51.4 Å². The summed E-state index contributed by atoms with van der Waals surface area (Å²) in [6, 6.07) is 1.96. The molecule has 0 amide bonds. The molecule has 2 aromatic rings. The van der Waals surface area contributed by atoms with Gasteiger partial charge in [-0.05, 0) is 24.0 Å². The van der Waals surface area contributed by atoms with Crippen LogP contribution in [0, 0.1) is 5.92 Å². The van der Waals surface area contributed by atoms with E-state index in [9.17, 15) is 0 Å². The number of aromatic amines is 1. The van der Waals surface area contributed by atoms with E-state index in [0.29, 0.717) is 11.5 Å². The summed E-state index contributed by atoms with van der Waals surface area (Å²) in [6.45, 7) is 0. The highest BCUT2D eigenvalue weighted by atomic mass is 15.3. The normalized spacial score (nSPS) is 18.3. The lowest BCUT2D eigenvalue weighted by Gasteiger charge is -2.19. The maximum Gasteiger partial charge on any atom is 0.203 e. The van der Waals surface area contributed by atoms with Crippen molar-refractivity contribution in [3.63, 3.8) is 0 Å². The van der Waals surface area contributed by atoms with Gasteiger partial charge in [-0.15, -0.1) is 5.10 Å². The van der Waals surface area contributed by atoms with Gasteiger partial charge in [-0.2, -0.15) is 10.3 Å². The van der Waals surface area contributed by atoms with Gasteiger partial charge < -0.3 is 5.73 Å². The van der Waals surface area contributed by atoms with Gasteiger partial charge in [0, 0.05) is 0 Å². The fraction of sp³-hybridized carbons (Fsp3) is 0.643. The minimum Gasteiger partial charge on any atom is -0.384 e. The largest absolute Gasteiger partial charge is 0.384 e. The smallest absolute Gasteiger partial charge is 0.203 e. The van der Waals surface area contributed by atoms with Crippen molar-refractivity contribution in [2.75, 3.05) is 5.73 Å². The molecule has 0 radical (unpaired) electrons. The Labute approximate surface area is 113 Å². The van der Waals surface area contributed by atoms with Gasteiger partial charge >= 0.3 is 0 Å². The Balaban J connectivity index is 1.81. The molecule has 0 saturated heterocycles. The van der Waals surface area contributed by atoms with Crippen LogP contribution in [-0.4, -0.2) is 20.4 Å². The molecule has 2 aromatic heterocycles. The van der Waals surface area contributed by atoms with Gasteiger partial charge in [0.2, 0.25) is 5.65 Å². The number of aromatic nitrogens is 4. The molecule has 0 aromatic carbocycles. The molecule has 1 saturated carbocycles. The maximum absolute atomic E-state index is 5.85. The average Bonchev–Trinajstić information content (AvgIpc) is 2.80. The summed E-state index contributed by atoms with van der Waals surface area (Å²) in [5, 5.41) is 10.9. The molecule has 0 spiro atoms. The highest BCUT2D eigenvalue weighted by molar-refractivity contribution is 5.75. The molecule has 19 heavy (non-hydrogen) atoms. The van der Waals surface area contributed by atoms with Crippen molar-refractivity contribution < 1.29 is 0 Å². The second kappa shape index (κ2) is 5.55. The van der Waals surface area contributed by atoms with Gasteiger partial charge in [0.05, 0.1) is 0 Å². The van der Waals surface area contributed by atoms with Gasteiger partial charge in [0.25, 0.3) is 0 Å². The number of anilines is 1. The van der Waals surface area contributed by atoms with E-state index in [0.717, 1.165) is 17.9 Å². The van der Waals surface area contributed by atoms with E-state index >= 15 is 0 Å².